The van der Waals surface area contributed by atoms with Crippen LogP contribution in [0, 0.1) is 10.1 Å². The Morgan fingerprint density at radius 2 is 1.79 bits per heavy atom. The summed E-state index contributed by atoms with van der Waals surface area (Å²) in [5.74, 6) is -0.807. The van der Waals surface area contributed by atoms with Crippen molar-refractivity contribution in [1.82, 2.24) is 0 Å². The zero-order valence-corrected chi connectivity index (χ0v) is 16.5. The molecule has 0 heterocycles. The van der Waals surface area contributed by atoms with E-state index in [1.54, 1.807) is 19.2 Å². The minimum absolute atomic E-state index is 0. The maximum Gasteiger partial charge on any atom is 0.287 e. The molecule has 0 aliphatic heterocycles. The average molecular weight is 404 g/mol. The predicted octanol–water partition coefficient (Wildman–Crippen LogP) is 5.16. The number of hydrogen-bond acceptors (Lipinski definition) is 5. The molecule has 0 aliphatic carbocycles. The van der Waals surface area contributed by atoms with Crippen LogP contribution in [0.25, 0.3) is 0 Å². The predicted molar refractivity (Wildman–Crippen MR) is 118 cm³/mol. The van der Waals surface area contributed by atoms with Gasteiger partial charge in [-0.25, -0.2) is 0 Å². The molecule has 0 spiro atoms. The smallest absolute Gasteiger partial charge is 0.287 e. The molecule has 7 heteroatoms. The third kappa shape index (κ3) is 9.71. The van der Waals surface area contributed by atoms with Gasteiger partial charge >= 0.3 is 0 Å². The maximum atomic E-state index is 11.3. The highest BCUT2D eigenvalue weighted by Crippen LogP contribution is 2.24. The van der Waals surface area contributed by atoms with E-state index in [1.807, 2.05) is 30.3 Å². The van der Waals surface area contributed by atoms with Crippen LogP contribution >= 0.6 is 0 Å². The van der Waals surface area contributed by atoms with Gasteiger partial charge in [0.05, 0.1) is 4.92 Å². The number of nitrogens with two attached hydrogens (primary N) is 1. The van der Waals surface area contributed by atoms with E-state index >= 15 is 0 Å². The largest absolute Gasteiger partial charge is 0.385 e. The number of anilines is 1. The van der Waals surface area contributed by atoms with Gasteiger partial charge in [-0.1, -0.05) is 63.9 Å². The number of hydrogen-bond donors (Lipinski definition) is 2. The van der Waals surface area contributed by atoms with Crippen LogP contribution in [0.2, 0.25) is 0 Å². The molecule has 29 heavy (non-hydrogen) atoms. The summed E-state index contributed by atoms with van der Waals surface area (Å²) in [4.78, 5) is 21.8. The minimum Gasteiger partial charge on any atom is -0.385 e. The highest BCUT2D eigenvalue weighted by Gasteiger charge is 2.22. The molecule has 1 amide bonds. The normalized spacial score (nSPS) is 9.59. The Balaban J connectivity index is 0.000000747. The lowest BCUT2D eigenvalue weighted by molar-refractivity contribution is -0.385. The second-order valence-corrected chi connectivity index (χ2v) is 6.21. The number of carbonyl (C=O) groups is 1. The van der Waals surface area contributed by atoms with Gasteiger partial charge in [-0.05, 0) is 24.6 Å². The van der Waals surface area contributed by atoms with Gasteiger partial charge in [-0.2, -0.15) is 0 Å². The van der Waals surface area contributed by atoms with E-state index in [9.17, 15) is 14.9 Å². The van der Waals surface area contributed by atoms with E-state index in [2.05, 4.69) is 12.2 Å². The molecule has 2 aromatic rings. The fourth-order valence-corrected chi connectivity index (χ4v) is 2.57. The number of carbonyl (C=O) groups excluding carboxylic acids is 1. The van der Waals surface area contributed by atoms with Gasteiger partial charge < -0.3 is 15.8 Å². The van der Waals surface area contributed by atoms with E-state index in [0.717, 1.165) is 12.3 Å². The molecule has 160 valence electrons. The Morgan fingerprint density at radius 3 is 2.34 bits per heavy atom. The molecule has 0 radical (unpaired) electrons. The summed E-state index contributed by atoms with van der Waals surface area (Å²) in [5.41, 5.74) is 6.09. The van der Waals surface area contributed by atoms with E-state index in [4.69, 9.17) is 10.5 Å². The average Bonchev–Trinajstić information content (AvgIpc) is 2.70. The minimum atomic E-state index is -0.807. The van der Waals surface area contributed by atoms with Crippen molar-refractivity contribution in [1.29, 1.82) is 0 Å². The molecule has 0 bridgehead atoms. The first-order valence-corrected chi connectivity index (χ1v) is 9.35. The van der Waals surface area contributed by atoms with Gasteiger partial charge in [-0.3, -0.25) is 14.9 Å². The van der Waals surface area contributed by atoms with E-state index in [1.165, 1.54) is 31.7 Å². The van der Waals surface area contributed by atoms with Crippen LogP contribution in [0.3, 0.4) is 0 Å². The number of unbranched alkanes of at least 4 members (excludes halogenated alkanes) is 3. The van der Waals surface area contributed by atoms with Crippen LogP contribution in [-0.4, -0.2) is 24.5 Å². The Hall–Kier alpha value is -2.93. The summed E-state index contributed by atoms with van der Waals surface area (Å²) in [6, 6.07) is 13.8. The maximum absolute atomic E-state index is 11.3. The lowest BCUT2D eigenvalue weighted by Gasteiger charge is -2.08. The number of amides is 1. The van der Waals surface area contributed by atoms with E-state index in [-0.39, 0.29) is 25.2 Å². The van der Waals surface area contributed by atoms with Gasteiger partial charge in [0.15, 0.2) is 0 Å². The SMILES string of the molecule is C.CCCCCCOC.NC(=O)c1cccc(CNc2ccccc2)c1[N+](=O)[O-]. The van der Waals surface area contributed by atoms with Crippen molar-refractivity contribution in [3.63, 3.8) is 0 Å². The van der Waals surface area contributed by atoms with E-state index < -0.39 is 10.8 Å². The zero-order chi connectivity index (χ0) is 20.8. The standard InChI is InChI=1S/C14H13N3O3.C7H16O.CH4/c15-14(18)12-8-4-5-10(13(12)17(19)20)9-16-11-6-2-1-3-7-11;1-3-4-5-6-7-8-2;/h1-8,16H,9H2,(H2,15,18);3-7H2,1-2H3;1H4. The first-order valence-electron chi connectivity index (χ1n) is 9.35. The molecule has 0 fully saturated rings. The van der Waals surface area contributed by atoms with Crippen molar-refractivity contribution in [2.45, 2.75) is 46.6 Å². The molecule has 7 nitrogen and oxygen atoms in total. The summed E-state index contributed by atoms with van der Waals surface area (Å²) < 4.78 is 4.89. The third-order valence-electron chi connectivity index (χ3n) is 4.03. The molecule has 0 aliphatic rings. The fraction of sp³-hybridized carbons (Fsp3) is 0.409. The number of nitro groups is 1. The topological polar surface area (TPSA) is 107 Å². The van der Waals surface area contributed by atoms with Crippen LogP contribution in [0.1, 0.15) is 56.0 Å². The van der Waals surface area contributed by atoms with Crippen LogP contribution in [0.4, 0.5) is 11.4 Å². The lowest BCUT2D eigenvalue weighted by Crippen LogP contribution is -2.15. The van der Waals surface area contributed by atoms with E-state index in [0.29, 0.717) is 5.56 Å². The second-order valence-electron chi connectivity index (χ2n) is 6.21. The lowest BCUT2D eigenvalue weighted by atomic mass is 10.1. The Labute approximate surface area is 173 Å². The number of benzene rings is 2. The number of ether oxygens (including phenoxy) is 1. The van der Waals surface area contributed by atoms with Crippen molar-refractivity contribution in [3.05, 3.63) is 69.8 Å². The van der Waals surface area contributed by atoms with Gasteiger partial charge in [0.1, 0.15) is 5.56 Å². The van der Waals surface area contributed by atoms with Crippen molar-refractivity contribution >= 4 is 17.3 Å². The number of nitro benzene ring substituents is 1. The molecule has 2 aromatic carbocycles. The van der Waals surface area contributed by atoms with Gasteiger partial charge in [0.2, 0.25) is 0 Å². The van der Waals surface area contributed by atoms with Crippen LogP contribution in [0.5, 0.6) is 0 Å². The summed E-state index contributed by atoms with van der Waals surface area (Å²) >= 11 is 0. The number of nitrogens with one attached hydrogen (secondary N) is 1. The first kappa shape index (κ1) is 26.1. The van der Waals surface area contributed by atoms with Crippen molar-refractivity contribution in [3.8, 4) is 0 Å². The number of nitrogens with zero attached hydrogens (tertiary/aromatic N) is 1. The Bertz CT molecular complexity index is 730. The number of rotatable bonds is 10. The number of para-hydroxylation sites is 2. The quantitative estimate of drug-likeness (QED) is 0.324. The molecule has 0 atom stereocenters. The van der Waals surface area contributed by atoms with Crippen molar-refractivity contribution in [2.75, 3.05) is 19.0 Å². The Kier molecular flexibility index (Phi) is 13.5. The van der Waals surface area contributed by atoms with Crippen LogP contribution in [-0.2, 0) is 11.3 Å². The zero-order valence-electron chi connectivity index (χ0n) is 16.5. The van der Waals surface area contributed by atoms with Gasteiger partial charge in [0, 0.05) is 31.5 Å². The monoisotopic (exact) mass is 403 g/mol. The van der Waals surface area contributed by atoms with Gasteiger partial charge in [-0.15, -0.1) is 0 Å². The molecule has 2 rings (SSSR count). The van der Waals surface area contributed by atoms with Crippen molar-refractivity contribution < 1.29 is 14.5 Å². The molecule has 0 saturated heterocycles. The molecular weight excluding hydrogens is 370 g/mol. The summed E-state index contributed by atoms with van der Waals surface area (Å²) in [6.07, 6.45) is 5.21. The Morgan fingerprint density at radius 1 is 1.10 bits per heavy atom. The third-order valence-corrected chi connectivity index (χ3v) is 4.03. The summed E-state index contributed by atoms with van der Waals surface area (Å²) in [7, 11) is 1.76. The van der Waals surface area contributed by atoms with Gasteiger partial charge in [0.25, 0.3) is 11.6 Å². The summed E-state index contributed by atoms with van der Waals surface area (Å²) in [6.45, 7) is 3.38. The van der Waals surface area contributed by atoms with Crippen LogP contribution < -0.4 is 11.1 Å². The van der Waals surface area contributed by atoms with Crippen molar-refractivity contribution in [2.24, 2.45) is 5.73 Å². The highest BCUT2D eigenvalue weighted by atomic mass is 16.6. The highest BCUT2D eigenvalue weighted by molar-refractivity contribution is 5.97. The first-order chi connectivity index (χ1) is 13.5. The number of primary amides is 1. The van der Waals surface area contributed by atoms with Crippen LogP contribution in [0.15, 0.2) is 48.5 Å². The molecule has 3 N–H and O–H groups in total. The fourth-order valence-electron chi connectivity index (χ4n) is 2.57. The molecule has 0 unspecified atom stereocenters. The summed E-state index contributed by atoms with van der Waals surface area (Å²) in [5, 5.41) is 14.2. The molecular formula is C22H33N3O4. The molecule has 0 saturated carbocycles. The second kappa shape index (κ2) is 15.0. The molecule has 0 aromatic heterocycles. The number of methoxy groups -OCH3 is 1.